The fraction of sp³-hybridized carbons (Fsp3) is 0.333. The summed E-state index contributed by atoms with van der Waals surface area (Å²) in [6.07, 6.45) is 1.25. The van der Waals surface area contributed by atoms with Gasteiger partial charge in [-0.05, 0) is 48.7 Å². The Morgan fingerprint density at radius 2 is 1.91 bits per heavy atom. The van der Waals surface area contributed by atoms with Crippen molar-refractivity contribution in [2.24, 2.45) is 0 Å². The standard InChI is InChI=1S/C18H23NO3S/c1-13-10-16(8-9-18(13)22-3)14(2)19-17-7-5-6-15(11-17)12-23(4,20)21/h5-11,14,19H,12H2,1-4H3. The van der Waals surface area contributed by atoms with Gasteiger partial charge < -0.3 is 10.1 Å². The molecule has 0 aromatic heterocycles. The molecule has 23 heavy (non-hydrogen) atoms. The van der Waals surface area contributed by atoms with E-state index in [1.54, 1.807) is 7.11 Å². The summed E-state index contributed by atoms with van der Waals surface area (Å²) in [6, 6.07) is 13.7. The van der Waals surface area contributed by atoms with Crippen LogP contribution < -0.4 is 10.1 Å². The van der Waals surface area contributed by atoms with Gasteiger partial charge in [-0.2, -0.15) is 0 Å². The molecule has 0 aliphatic carbocycles. The van der Waals surface area contributed by atoms with Crippen LogP contribution in [0.1, 0.15) is 29.7 Å². The van der Waals surface area contributed by atoms with Gasteiger partial charge in [0.15, 0.2) is 9.84 Å². The summed E-state index contributed by atoms with van der Waals surface area (Å²) in [5.41, 5.74) is 3.93. The first-order valence-corrected chi connectivity index (χ1v) is 9.52. The number of nitrogens with one attached hydrogen (secondary N) is 1. The Balaban J connectivity index is 2.15. The van der Waals surface area contributed by atoms with Gasteiger partial charge >= 0.3 is 0 Å². The molecule has 0 heterocycles. The maximum atomic E-state index is 11.4. The third kappa shape index (κ3) is 4.99. The lowest BCUT2D eigenvalue weighted by Crippen LogP contribution is -2.08. The van der Waals surface area contributed by atoms with Gasteiger partial charge in [0.05, 0.1) is 12.9 Å². The molecule has 1 atom stereocenters. The van der Waals surface area contributed by atoms with Crippen molar-refractivity contribution in [3.05, 3.63) is 59.2 Å². The molecule has 2 aromatic rings. The highest BCUT2D eigenvalue weighted by atomic mass is 32.2. The van der Waals surface area contributed by atoms with E-state index in [1.165, 1.54) is 6.26 Å². The van der Waals surface area contributed by atoms with Gasteiger partial charge in [-0.3, -0.25) is 0 Å². The highest BCUT2D eigenvalue weighted by Crippen LogP contribution is 2.25. The lowest BCUT2D eigenvalue weighted by molar-refractivity contribution is 0.411. The number of ether oxygens (including phenoxy) is 1. The van der Waals surface area contributed by atoms with Crippen LogP contribution in [0.2, 0.25) is 0 Å². The van der Waals surface area contributed by atoms with E-state index in [9.17, 15) is 8.42 Å². The van der Waals surface area contributed by atoms with Crippen LogP contribution in [0.3, 0.4) is 0 Å². The Labute approximate surface area is 138 Å². The van der Waals surface area contributed by atoms with Crippen LogP contribution in [-0.4, -0.2) is 21.8 Å². The van der Waals surface area contributed by atoms with E-state index in [1.807, 2.05) is 43.3 Å². The highest BCUT2D eigenvalue weighted by Gasteiger charge is 2.09. The van der Waals surface area contributed by atoms with Crippen molar-refractivity contribution >= 4 is 15.5 Å². The molecule has 2 aromatic carbocycles. The lowest BCUT2D eigenvalue weighted by Gasteiger charge is -2.18. The van der Waals surface area contributed by atoms with Crippen LogP contribution >= 0.6 is 0 Å². The zero-order chi connectivity index (χ0) is 17.0. The lowest BCUT2D eigenvalue weighted by atomic mass is 10.0. The van der Waals surface area contributed by atoms with Gasteiger partial charge in [0.1, 0.15) is 5.75 Å². The van der Waals surface area contributed by atoms with Crippen molar-refractivity contribution in [1.29, 1.82) is 0 Å². The molecule has 0 aliphatic heterocycles. The molecule has 1 N–H and O–H groups in total. The van der Waals surface area contributed by atoms with E-state index >= 15 is 0 Å². The number of sulfone groups is 1. The van der Waals surface area contributed by atoms with Crippen molar-refractivity contribution in [3.63, 3.8) is 0 Å². The molecule has 0 saturated heterocycles. The second kappa shape index (κ2) is 7.04. The number of hydrogen-bond acceptors (Lipinski definition) is 4. The summed E-state index contributed by atoms with van der Waals surface area (Å²) >= 11 is 0. The summed E-state index contributed by atoms with van der Waals surface area (Å²) in [5, 5.41) is 3.41. The smallest absolute Gasteiger partial charge is 0.151 e. The molecule has 0 spiro atoms. The van der Waals surface area contributed by atoms with Gasteiger partial charge in [0.2, 0.25) is 0 Å². The van der Waals surface area contributed by atoms with E-state index in [4.69, 9.17) is 4.74 Å². The first-order valence-electron chi connectivity index (χ1n) is 7.46. The summed E-state index contributed by atoms with van der Waals surface area (Å²) in [4.78, 5) is 0. The molecule has 124 valence electrons. The van der Waals surface area contributed by atoms with E-state index in [2.05, 4.69) is 18.3 Å². The maximum Gasteiger partial charge on any atom is 0.151 e. The number of benzene rings is 2. The van der Waals surface area contributed by atoms with Gasteiger partial charge in [-0.1, -0.05) is 24.3 Å². The monoisotopic (exact) mass is 333 g/mol. The van der Waals surface area contributed by atoms with Gasteiger partial charge in [0.25, 0.3) is 0 Å². The van der Waals surface area contributed by atoms with E-state index in [0.717, 1.165) is 28.1 Å². The Morgan fingerprint density at radius 1 is 1.17 bits per heavy atom. The summed E-state index contributed by atoms with van der Waals surface area (Å²) in [7, 11) is -1.37. The molecule has 0 aliphatic rings. The largest absolute Gasteiger partial charge is 0.496 e. The van der Waals surface area contributed by atoms with Crippen LogP contribution in [0.15, 0.2) is 42.5 Å². The Hall–Kier alpha value is -2.01. The number of hydrogen-bond donors (Lipinski definition) is 1. The first kappa shape index (κ1) is 17.3. The minimum absolute atomic E-state index is 0.0541. The number of aryl methyl sites for hydroxylation is 1. The maximum absolute atomic E-state index is 11.4. The van der Waals surface area contributed by atoms with Crippen molar-refractivity contribution < 1.29 is 13.2 Å². The van der Waals surface area contributed by atoms with Gasteiger partial charge in [0, 0.05) is 18.0 Å². The fourth-order valence-corrected chi connectivity index (χ4v) is 3.34. The quantitative estimate of drug-likeness (QED) is 0.875. The Morgan fingerprint density at radius 3 is 2.52 bits per heavy atom. The van der Waals surface area contributed by atoms with Gasteiger partial charge in [-0.15, -0.1) is 0 Å². The SMILES string of the molecule is COc1ccc(C(C)Nc2cccc(CS(C)(=O)=O)c2)cc1C. The third-order valence-corrected chi connectivity index (χ3v) is 4.52. The van der Waals surface area contributed by atoms with Crippen molar-refractivity contribution in [2.75, 3.05) is 18.7 Å². The minimum atomic E-state index is -3.03. The second-order valence-electron chi connectivity index (χ2n) is 5.87. The summed E-state index contributed by atoms with van der Waals surface area (Å²) < 4.78 is 28.1. The van der Waals surface area contributed by atoms with Crippen LogP contribution in [0.25, 0.3) is 0 Å². The molecule has 0 saturated carbocycles. The number of rotatable bonds is 6. The molecule has 5 heteroatoms. The Bertz CT molecular complexity index is 785. The summed E-state index contributed by atoms with van der Waals surface area (Å²) in [5.74, 6) is 0.926. The van der Waals surface area contributed by atoms with Crippen LogP contribution in [0.4, 0.5) is 5.69 Å². The van der Waals surface area contributed by atoms with Gasteiger partial charge in [-0.25, -0.2) is 8.42 Å². The zero-order valence-corrected chi connectivity index (χ0v) is 14.8. The van der Waals surface area contributed by atoms with E-state index in [-0.39, 0.29) is 11.8 Å². The average molecular weight is 333 g/mol. The molecule has 0 radical (unpaired) electrons. The molecule has 1 unspecified atom stereocenters. The third-order valence-electron chi connectivity index (χ3n) is 3.66. The predicted octanol–water partition coefficient (Wildman–Crippen LogP) is 3.72. The fourth-order valence-electron chi connectivity index (χ4n) is 2.56. The molecule has 0 bridgehead atoms. The van der Waals surface area contributed by atoms with Crippen molar-refractivity contribution in [1.82, 2.24) is 0 Å². The minimum Gasteiger partial charge on any atom is -0.496 e. The zero-order valence-electron chi connectivity index (χ0n) is 14.0. The van der Waals surface area contributed by atoms with E-state index in [0.29, 0.717) is 0 Å². The molecule has 2 rings (SSSR count). The summed E-state index contributed by atoms with van der Waals surface area (Å²) in [6.45, 7) is 4.09. The van der Waals surface area contributed by atoms with Crippen LogP contribution in [0.5, 0.6) is 5.75 Å². The first-order chi connectivity index (χ1) is 10.8. The molecule has 0 fully saturated rings. The van der Waals surface area contributed by atoms with Crippen molar-refractivity contribution in [2.45, 2.75) is 25.6 Å². The second-order valence-corrected chi connectivity index (χ2v) is 8.01. The molecule has 4 nitrogen and oxygen atoms in total. The normalized spacial score (nSPS) is 12.7. The number of methoxy groups -OCH3 is 1. The molecular weight excluding hydrogens is 310 g/mol. The predicted molar refractivity (Wildman–Crippen MR) is 94.8 cm³/mol. The highest BCUT2D eigenvalue weighted by molar-refractivity contribution is 7.89. The van der Waals surface area contributed by atoms with E-state index < -0.39 is 9.84 Å². The Kier molecular flexibility index (Phi) is 5.31. The van der Waals surface area contributed by atoms with Crippen LogP contribution in [-0.2, 0) is 15.6 Å². The molecular formula is C18H23NO3S. The van der Waals surface area contributed by atoms with Crippen molar-refractivity contribution in [3.8, 4) is 5.75 Å². The van der Waals surface area contributed by atoms with Crippen LogP contribution in [0, 0.1) is 6.92 Å². The topological polar surface area (TPSA) is 55.4 Å². The number of anilines is 1. The average Bonchev–Trinajstić information content (AvgIpc) is 2.45. The molecule has 0 amide bonds.